The number of hydrogen-bond acceptors (Lipinski definition) is 2. The first-order valence-corrected chi connectivity index (χ1v) is 7.47. The standard InChI is InChI=1S/C18H19ClN2/c1-4-21(17-8-9-18(19)13(2)10-17)14(3)16-7-5-6-15(11-16)12-20/h5-11,14H,4H2,1-3H3. The molecule has 2 rings (SSSR count). The molecule has 1 atom stereocenters. The maximum Gasteiger partial charge on any atom is 0.0991 e. The molecule has 2 nitrogen and oxygen atoms in total. The Morgan fingerprint density at radius 1 is 1.24 bits per heavy atom. The molecule has 0 aromatic heterocycles. The summed E-state index contributed by atoms with van der Waals surface area (Å²) in [5, 5.41) is 9.83. The molecule has 0 fully saturated rings. The summed E-state index contributed by atoms with van der Waals surface area (Å²) < 4.78 is 0. The zero-order chi connectivity index (χ0) is 15.4. The minimum atomic E-state index is 0.198. The van der Waals surface area contributed by atoms with Crippen LogP contribution in [0.3, 0.4) is 0 Å². The van der Waals surface area contributed by atoms with Gasteiger partial charge in [0.2, 0.25) is 0 Å². The molecule has 1 unspecified atom stereocenters. The van der Waals surface area contributed by atoms with Gasteiger partial charge in [0.15, 0.2) is 0 Å². The van der Waals surface area contributed by atoms with E-state index in [1.54, 1.807) is 0 Å². The Labute approximate surface area is 131 Å². The lowest BCUT2D eigenvalue weighted by atomic mass is 10.0. The minimum Gasteiger partial charge on any atom is -0.365 e. The molecule has 2 aromatic carbocycles. The predicted octanol–water partition coefficient (Wildman–Crippen LogP) is 5.11. The normalized spacial score (nSPS) is 11.8. The Morgan fingerprint density at radius 2 is 2.00 bits per heavy atom. The highest BCUT2D eigenvalue weighted by Crippen LogP contribution is 2.29. The van der Waals surface area contributed by atoms with Crippen LogP contribution in [-0.2, 0) is 0 Å². The number of anilines is 1. The first kappa shape index (κ1) is 15.4. The highest BCUT2D eigenvalue weighted by molar-refractivity contribution is 6.31. The molecule has 0 bridgehead atoms. The maximum absolute atomic E-state index is 9.05. The van der Waals surface area contributed by atoms with Crippen LogP contribution in [0.5, 0.6) is 0 Å². The van der Waals surface area contributed by atoms with Crippen molar-refractivity contribution in [1.82, 2.24) is 0 Å². The fourth-order valence-electron chi connectivity index (χ4n) is 2.54. The lowest BCUT2D eigenvalue weighted by molar-refractivity contribution is 0.690. The molecule has 0 aliphatic heterocycles. The molecular formula is C18H19ClN2. The van der Waals surface area contributed by atoms with E-state index in [2.05, 4.69) is 36.9 Å². The number of nitriles is 1. The third kappa shape index (κ3) is 3.37. The van der Waals surface area contributed by atoms with E-state index in [9.17, 15) is 0 Å². The van der Waals surface area contributed by atoms with Crippen molar-refractivity contribution in [2.75, 3.05) is 11.4 Å². The highest BCUT2D eigenvalue weighted by Gasteiger charge is 2.15. The fourth-order valence-corrected chi connectivity index (χ4v) is 2.65. The molecule has 0 heterocycles. The first-order valence-electron chi connectivity index (χ1n) is 7.09. The van der Waals surface area contributed by atoms with Gasteiger partial charge in [-0.1, -0.05) is 23.7 Å². The van der Waals surface area contributed by atoms with Crippen LogP contribution in [0.2, 0.25) is 5.02 Å². The van der Waals surface area contributed by atoms with E-state index in [4.69, 9.17) is 16.9 Å². The van der Waals surface area contributed by atoms with Crippen LogP contribution in [0.4, 0.5) is 5.69 Å². The second kappa shape index (κ2) is 6.65. The van der Waals surface area contributed by atoms with Crippen molar-refractivity contribution < 1.29 is 0 Å². The fraction of sp³-hybridized carbons (Fsp3) is 0.278. The number of rotatable bonds is 4. The Morgan fingerprint density at radius 3 is 2.62 bits per heavy atom. The van der Waals surface area contributed by atoms with Gasteiger partial charge >= 0.3 is 0 Å². The van der Waals surface area contributed by atoms with E-state index < -0.39 is 0 Å². The maximum atomic E-state index is 9.05. The molecule has 2 aromatic rings. The summed E-state index contributed by atoms with van der Waals surface area (Å²) in [6, 6.07) is 16.3. The van der Waals surface area contributed by atoms with Gasteiger partial charge in [-0.05, 0) is 62.2 Å². The lowest BCUT2D eigenvalue weighted by Crippen LogP contribution is -2.26. The van der Waals surface area contributed by atoms with E-state index in [-0.39, 0.29) is 6.04 Å². The van der Waals surface area contributed by atoms with Gasteiger partial charge in [-0.25, -0.2) is 0 Å². The molecule has 21 heavy (non-hydrogen) atoms. The Bertz CT molecular complexity index is 673. The van der Waals surface area contributed by atoms with Gasteiger partial charge in [-0.2, -0.15) is 5.26 Å². The Balaban J connectivity index is 2.35. The molecule has 0 amide bonds. The zero-order valence-electron chi connectivity index (χ0n) is 12.6. The molecule has 108 valence electrons. The number of hydrogen-bond donors (Lipinski definition) is 0. The monoisotopic (exact) mass is 298 g/mol. The molecular weight excluding hydrogens is 280 g/mol. The summed E-state index contributed by atoms with van der Waals surface area (Å²) in [4.78, 5) is 2.31. The van der Waals surface area contributed by atoms with Crippen molar-refractivity contribution in [1.29, 1.82) is 5.26 Å². The molecule has 0 radical (unpaired) electrons. The topological polar surface area (TPSA) is 27.0 Å². The summed E-state index contributed by atoms with van der Waals surface area (Å²) in [7, 11) is 0. The van der Waals surface area contributed by atoms with Gasteiger partial charge in [-0.3, -0.25) is 0 Å². The van der Waals surface area contributed by atoms with Crippen molar-refractivity contribution in [2.24, 2.45) is 0 Å². The van der Waals surface area contributed by atoms with E-state index in [1.807, 2.05) is 37.3 Å². The van der Waals surface area contributed by atoms with Crippen LogP contribution in [0.1, 0.15) is 36.6 Å². The van der Waals surface area contributed by atoms with Crippen molar-refractivity contribution in [3.8, 4) is 6.07 Å². The van der Waals surface area contributed by atoms with Gasteiger partial charge < -0.3 is 4.90 Å². The van der Waals surface area contributed by atoms with Gasteiger partial charge in [0.25, 0.3) is 0 Å². The van der Waals surface area contributed by atoms with Gasteiger partial charge in [-0.15, -0.1) is 0 Å². The van der Waals surface area contributed by atoms with Crippen LogP contribution in [-0.4, -0.2) is 6.54 Å². The van der Waals surface area contributed by atoms with Crippen LogP contribution in [0.25, 0.3) is 0 Å². The van der Waals surface area contributed by atoms with Crippen molar-refractivity contribution in [2.45, 2.75) is 26.8 Å². The van der Waals surface area contributed by atoms with E-state index >= 15 is 0 Å². The molecule has 0 spiro atoms. The average Bonchev–Trinajstić information content (AvgIpc) is 2.51. The van der Waals surface area contributed by atoms with Crippen LogP contribution in [0, 0.1) is 18.3 Å². The quantitative estimate of drug-likeness (QED) is 0.784. The molecule has 0 saturated heterocycles. The van der Waals surface area contributed by atoms with E-state index in [1.165, 1.54) is 0 Å². The zero-order valence-corrected chi connectivity index (χ0v) is 13.4. The second-order valence-electron chi connectivity index (χ2n) is 5.13. The highest BCUT2D eigenvalue weighted by atomic mass is 35.5. The summed E-state index contributed by atoms with van der Waals surface area (Å²) >= 11 is 6.11. The first-order chi connectivity index (χ1) is 10.1. The lowest BCUT2D eigenvalue weighted by Gasteiger charge is -2.31. The smallest absolute Gasteiger partial charge is 0.0991 e. The van der Waals surface area contributed by atoms with Crippen LogP contribution in [0.15, 0.2) is 42.5 Å². The number of benzene rings is 2. The Hall–Kier alpha value is -1.98. The van der Waals surface area contributed by atoms with Crippen LogP contribution < -0.4 is 4.90 Å². The summed E-state index contributed by atoms with van der Waals surface area (Å²) in [6.07, 6.45) is 0. The van der Waals surface area contributed by atoms with E-state index in [0.29, 0.717) is 5.56 Å². The number of halogens is 1. The van der Waals surface area contributed by atoms with Crippen molar-refractivity contribution in [3.63, 3.8) is 0 Å². The summed E-state index contributed by atoms with van der Waals surface area (Å²) in [5.41, 5.74) is 4.06. The predicted molar refractivity (Wildman–Crippen MR) is 88.8 cm³/mol. The largest absolute Gasteiger partial charge is 0.365 e. The molecule has 3 heteroatoms. The Kier molecular flexibility index (Phi) is 4.88. The second-order valence-corrected chi connectivity index (χ2v) is 5.54. The SMILES string of the molecule is CCN(c1ccc(Cl)c(C)c1)C(C)c1cccc(C#N)c1. The van der Waals surface area contributed by atoms with Gasteiger partial charge in [0, 0.05) is 17.3 Å². The minimum absolute atomic E-state index is 0.198. The van der Waals surface area contributed by atoms with Gasteiger partial charge in [0.05, 0.1) is 17.7 Å². The average molecular weight is 299 g/mol. The molecule has 0 N–H and O–H groups in total. The summed E-state index contributed by atoms with van der Waals surface area (Å²) in [5.74, 6) is 0. The number of nitrogens with zero attached hydrogens (tertiary/aromatic N) is 2. The van der Waals surface area contributed by atoms with E-state index in [0.717, 1.165) is 28.4 Å². The van der Waals surface area contributed by atoms with Crippen molar-refractivity contribution >= 4 is 17.3 Å². The summed E-state index contributed by atoms with van der Waals surface area (Å²) in [6.45, 7) is 7.19. The van der Waals surface area contributed by atoms with Crippen LogP contribution >= 0.6 is 11.6 Å². The number of aryl methyl sites for hydroxylation is 1. The third-order valence-corrected chi connectivity index (χ3v) is 4.20. The van der Waals surface area contributed by atoms with Crippen molar-refractivity contribution in [3.05, 3.63) is 64.2 Å². The third-order valence-electron chi connectivity index (χ3n) is 3.78. The molecule has 0 aliphatic carbocycles. The molecule has 0 saturated carbocycles. The molecule has 0 aliphatic rings. The van der Waals surface area contributed by atoms with Gasteiger partial charge in [0.1, 0.15) is 0 Å².